The number of fused-ring (bicyclic) bond motifs is 1. The molecule has 1 unspecified atom stereocenters. The second kappa shape index (κ2) is 4.49. The number of hydrogen-bond acceptors (Lipinski definition) is 3. The summed E-state index contributed by atoms with van der Waals surface area (Å²) < 4.78 is 0. The third kappa shape index (κ3) is 2.03. The quantitative estimate of drug-likeness (QED) is 0.624. The van der Waals surface area contributed by atoms with Crippen LogP contribution in [0.1, 0.15) is 0 Å². The van der Waals surface area contributed by atoms with Crippen molar-refractivity contribution in [3.63, 3.8) is 0 Å². The predicted octanol–water partition coefficient (Wildman–Crippen LogP) is -0.834. The molecule has 11 heavy (non-hydrogen) atoms. The first-order chi connectivity index (χ1) is 4.47. The average molecular weight is 254 g/mol. The third-order valence-corrected chi connectivity index (χ3v) is 1.10. The number of H-pyrrole nitrogens is 1. The van der Waals surface area contributed by atoms with Gasteiger partial charge in [-0.3, -0.25) is 0 Å². The van der Waals surface area contributed by atoms with Gasteiger partial charge in [0.15, 0.2) is 5.65 Å². The number of nitrogens with one attached hydrogen (secondary N) is 1. The van der Waals surface area contributed by atoms with Crippen molar-refractivity contribution in [2.75, 3.05) is 0 Å². The minimum Gasteiger partial charge on any atom is -0.342 e. The normalized spacial score (nSPS) is 8.36. The molecule has 2 rings (SSSR count). The number of hydrogen-bond donors (Lipinski definition) is 1. The van der Waals surface area contributed by atoms with E-state index in [1.165, 1.54) is 6.33 Å². The molecule has 0 radical (unpaired) electrons. The van der Waals surface area contributed by atoms with Gasteiger partial charge in [-0.05, 0) is 0 Å². The Bertz CT molecular complexity index is 292. The average Bonchev–Trinajstić information content (AvgIpc) is 2.33. The molecule has 0 bridgehead atoms. The number of rotatable bonds is 0. The Morgan fingerprint density at radius 2 is 2.09 bits per heavy atom. The van der Waals surface area contributed by atoms with Crippen molar-refractivity contribution >= 4 is 29.1 Å². The Hall–Kier alpha value is -0.372. The minimum absolute atomic E-state index is 0. The summed E-state index contributed by atoms with van der Waals surface area (Å²) in [5.74, 6) is 0. The van der Waals surface area contributed by atoms with Crippen LogP contribution in [-0.4, -0.2) is 37.9 Å². The van der Waals surface area contributed by atoms with Gasteiger partial charge in [0.05, 0.1) is 12.5 Å². The van der Waals surface area contributed by atoms with Gasteiger partial charge in [0.25, 0.3) is 0 Å². The van der Waals surface area contributed by atoms with Gasteiger partial charge >= 0.3 is 18.0 Å². The van der Waals surface area contributed by atoms with Gasteiger partial charge in [0, 0.05) is 17.1 Å². The molecule has 0 saturated heterocycles. The van der Waals surface area contributed by atoms with E-state index in [0.717, 1.165) is 5.52 Å². The second-order valence-corrected chi connectivity index (χ2v) is 1.66. The summed E-state index contributed by atoms with van der Waals surface area (Å²) in [6.45, 7) is 0. The molecule has 1 atom stereocenters. The first-order valence-corrected chi connectivity index (χ1v) is 2.56. The van der Waals surface area contributed by atoms with Gasteiger partial charge < -0.3 is 4.98 Å². The summed E-state index contributed by atoms with van der Waals surface area (Å²) in [6, 6.07) is 0. The number of aromatic nitrogens is 4. The Labute approximate surface area is 85.0 Å². The summed E-state index contributed by atoms with van der Waals surface area (Å²) in [6.07, 6.45) is 4.76. The maximum absolute atomic E-state index is 3.91. The van der Waals surface area contributed by atoms with Gasteiger partial charge in [-0.1, -0.05) is 0 Å². The van der Waals surface area contributed by atoms with Gasteiger partial charge in [-0.25, -0.2) is 15.0 Å². The SMILES string of the molecule is [AsH3].[Fe].c1ncc2[nH]cnc2n1. The van der Waals surface area contributed by atoms with Gasteiger partial charge in [0.1, 0.15) is 11.8 Å². The molecule has 2 aromatic heterocycles. The summed E-state index contributed by atoms with van der Waals surface area (Å²) >= 11 is 0. The van der Waals surface area contributed by atoms with E-state index in [1.54, 1.807) is 12.5 Å². The first kappa shape index (κ1) is 10.6. The maximum Gasteiger partial charge on any atom is 0.180 e. The topological polar surface area (TPSA) is 54.5 Å². The number of aromatic amines is 1. The Morgan fingerprint density at radius 3 is 2.82 bits per heavy atom. The maximum atomic E-state index is 3.91. The number of imidazole rings is 1. The zero-order valence-electron chi connectivity index (χ0n) is 5.63. The summed E-state index contributed by atoms with van der Waals surface area (Å²) in [5.41, 5.74) is 1.59. The van der Waals surface area contributed by atoms with Crippen molar-refractivity contribution in [3.05, 3.63) is 18.9 Å². The molecule has 0 aliphatic heterocycles. The van der Waals surface area contributed by atoms with Crippen LogP contribution in [0.25, 0.3) is 11.2 Å². The molecule has 2 aromatic rings. The molecule has 6 heteroatoms. The van der Waals surface area contributed by atoms with Crippen LogP contribution < -0.4 is 0 Å². The van der Waals surface area contributed by atoms with Crippen LogP contribution in [0.4, 0.5) is 0 Å². The van der Waals surface area contributed by atoms with E-state index in [4.69, 9.17) is 0 Å². The second-order valence-electron chi connectivity index (χ2n) is 1.66. The first-order valence-electron chi connectivity index (χ1n) is 2.56. The van der Waals surface area contributed by atoms with E-state index in [1.807, 2.05) is 0 Å². The summed E-state index contributed by atoms with van der Waals surface area (Å²) in [5, 5.41) is 0. The van der Waals surface area contributed by atoms with E-state index in [2.05, 4.69) is 19.9 Å². The van der Waals surface area contributed by atoms with Crippen molar-refractivity contribution in [1.29, 1.82) is 0 Å². The van der Waals surface area contributed by atoms with E-state index in [9.17, 15) is 0 Å². The molecule has 0 aromatic carbocycles. The number of nitrogens with zero attached hydrogens (tertiary/aromatic N) is 3. The molecule has 0 saturated carbocycles. The zero-order valence-corrected chi connectivity index (χ0v) is 9.71. The molecule has 0 aliphatic rings. The standard InChI is InChI=1S/C5H4N4.AsH3.Fe/c1-4-5(8-2-6-1)9-3-7-4;;/h1-3H,(H,6,7,8,9);1H3;. The minimum atomic E-state index is 0. The van der Waals surface area contributed by atoms with Crippen LogP contribution in [-0.2, 0) is 17.1 Å². The third-order valence-electron chi connectivity index (χ3n) is 1.10. The fourth-order valence-electron chi connectivity index (χ4n) is 0.691. The van der Waals surface area contributed by atoms with E-state index >= 15 is 0 Å². The van der Waals surface area contributed by atoms with Crippen LogP contribution in [0.5, 0.6) is 0 Å². The van der Waals surface area contributed by atoms with Crippen LogP contribution in [0.15, 0.2) is 18.9 Å². The van der Waals surface area contributed by atoms with Crippen molar-refractivity contribution in [2.45, 2.75) is 0 Å². The molecular formula is C5H7AsFeN4. The van der Waals surface area contributed by atoms with Gasteiger partial charge in [-0.2, -0.15) is 0 Å². The summed E-state index contributed by atoms with van der Waals surface area (Å²) in [7, 11) is 0. The predicted molar refractivity (Wildman–Crippen MR) is 41.6 cm³/mol. The Kier molecular flexibility index (Phi) is 4.34. The largest absolute Gasteiger partial charge is 0.342 e. The fourth-order valence-corrected chi connectivity index (χ4v) is 0.691. The Morgan fingerprint density at radius 1 is 1.27 bits per heavy atom. The molecule has 2 heterocycles. The van der Waals surface area contributed by atoms with E-state index in [0.29, 0.717) is 5.65 Å². The van der Waals surface area contributed by atoms with Crippen molar-refractivity contribution in [1.82, 2.24) is 19.9 Å². The zero-order chi connectivity index (χ0) is 6.10. The molecule has 0 fully saturated rings. The van der Waals surface area contributed by atoms with Crippen molar-refractivity contribution in [2.24, 2.45) is 0 Å². The van der Waals surface area contributed by atoms with Crippen molar-refractivity contribution in [3.8, 4) is 0 Å². The Balaban J connectivity index is 0.000000500. The molecule has 4 nitrogen and oxygen atoms in total. The van der Waals surface area contributed by atoms with E-state index in [-0.39, 0.29) is 35.0 Å². The fraction of sp³-hybridized carbons (Fsp3) is 0. The molecular weight excluding hydrogens is 247 g/mol. The molecule has 0 spiro atoms. The van der Waals surface area contributed by atoms with Crippen molar-refractivity contribution < 1.29 is 17.1 Å². The van der Waals surface area contributed by atoms with Crippen LogP contribution in [0.2, 0.25) is 0 Å². The van der Waals surface area contributed by atoms with Crippen LogP contribution in [0.3, 0.4) is 0 Å². The van der Waals surface area contributed by atoms with Crippen LogP contribution >= 0.6 is 0 Å². The van der Waals surface area contributed by atoms with E-state index < -0.39 is 0 Å². The summed E-state index contributed by atoms with van der Waals surface area (Å²) in [4.78, 5) is 14.5. The van der Waals surface area contributed by atoms with Gasteiger partial charge in [0.2, 0.25) is 0 Å². The molecule has 0 amide bonds. The smallest absolute Gasteiger partial charge is 0.180 e. The van der Waals surface area contributed by atoms with Crippen LogP contribution in [0, 0.1) is 0 Å². The molecule has 60 valence electrons. The monoisotopic (exact) mass is 254 g/mol. The molecule has 1 N–H and O–H groups in total. The molecule has 0 aliphatic carbocycles. The van der Waals surface area contributed by atoms with Gasteiger partial charge in [-0.15, -0.1) is 0 Å².